The minimum Gasteiger partial charge on any atom is -0.478 e. The maximum atomic E-state index is 12.2. The van der Waals surface area contributed by atoms with E-state index in [1.807, 2.05) is 0 Å². The maximum Gasteiger partial charge on any atom is 0.338 e. The summed E-state index contributed by atoms with van der Waals surface area (Å²) in [6, 6.07) is 3.13. The van der Waals surface area contributed by atoms with E-state index >= 15 is 0 Å². The third-order valence-corrected chi connectivity index (χ3v) is 4.33. The van der Waals surface area contributed by atoms with Crippen LogP contribution in [0, 0.1) is 0 Å². The van der Waals surface area contributed by atoms with Gasteiger partial charge in [0.1, 0.15) is 6.10 Å². The summed E-state index contributed by atoms with van der Waals surface area (Å²) in [5.41, 5.74) is 2.54. The van der Waals surface area contributed by atoms with Crippen molar-refractivity contribution in [1.82, 2.24) is 0 Å². The van der Waals surface area contributed by atoms with Crippen molar-refractivity contribution in [3.05, 3.63) is 34.4 Å². The molecule has 2 aliphatic rings. The highest BCUT2D eigenvalue weighted by Crippen LogP contribution is 2.31. The quantitative estimate of drug-likeness (QED) is 0.861. The zero-order chi connectivity index (χ0) is 14.1. The second-order valence-corrected chi connectivity index (χ2v) is 5.59. The third kappa shape index (κ3) is 2.30. The van der Waals surface area contributed by atoms with Gasteiger partial charge in [0.15, 0.2) is 0 Å². The van der Waals surface area contributed by atoms with Crippen molar-refractivity contribution in [1.29, 1.82) is 0 Å². The lowest BCUT2D eigenvalue weighted by molar-refractivity contribution is 0.0208. The standard InChI is InChI=1S/C16H18O4/c17-15(18)13-8-9-14(12-7-6-11(12)13)16(19)20-10-4-2-1-3-5-10/h8-10H,1-7H2,(H,17,18). The highest BCUT2D eigenvalue weighted by molar-refractivity contribution is 5.96. The van der Waals surface area contributed by atoms with E-state index in [2.05, 4.69) is 0 Å². The first-order valence-electron chi connectivity index (χ1n) is 7.26. The van der Waals surface area contributed by atoms with Gasteiger partial charge in [0, 0.05) is 0 Å². The van der Waals surface area contributed by atoms with Gasteiger partial charge in [-0.2, -0.15) is 0 Å². The number of rotatable bonds is 3. The molecule has 20 heavy (non-hydrogen) atoms. The monoisotopic (exact) mass is 274 g/mol. The molecule has 0 aliphatic heterocycles. The van der Waals surface area contributed by atoms with Gasteiger partial charge >= 0.3 is 11.9 Å². The molecule has 1 aromatic rings. The number of esters is 1. The number of hydrogen-bond acceptors (Lipinski definition) is 3. The van der Waals surface area contributed by atoms with E-state index in [9.17, 15) is 9.59 Å². The molecule has 0 atom stereocenters. The summed E-state index contributed by atoms with van der Waals surface area (Å²) < 4.78 is 5.56. The molecular formula is C16H18O4. The summed E-state index contributed by atoms with van der Waals surface area (Å²) in [6.45, 7) is 0. The van der Waals surface area contributed by atoms with Crippen LogP contribution in [0.2, 0.25) is 0 Å². The van der Waals surface area contributed by atoms with Crippen molar-refractivity contribution < 1.29 is 19.4 Å². The first-order valence-corrected chi connectivity index (χ1v) is 7.26. The number of aromatic carboxylic acids is 1. The van der Waals surface area contributed by atoms with Crippen molar-refractivity contribution in [3.63, 3.8) is 0 Å². The molecule has 0 bridgehead atoms. The minimum absolute atomic E-state index is 0.0335. The van der Waals surface area contributed by atoms with Crippen LogP contribution in [0.5, 0.6) is 0 Å². The van der Waals surface area contributed by atoms with Crippen LogP contribution in [-0.4, -0.2) is 23.1 Å². The second-order valence-electron chi connectivity index (χ2n) is 5.59. The number of hydrogen-bond donors (Lipinski definition) is 1. The molecule has 0 aromatic heterocycles. The summed E-state index contributed by atoms with van der Waals surface area (Å²) in [5.74, 6) is -1.21. The summed E-state index contributed by atoms with van der Waals surface area (Å²) in [6.07, 6.45) is 6.89. The molecule has 106 valence electrons. The molecule has 0 unspecified atom stereocenters. The zero-order valence-electron chi connectivity index (χ0n) is 11.4. The molecule has 0 amide bonds. The molecule has 0 spiro atoms. The Hall–Kier alpha value is -1.84. The molecule has 3 rings (SSSR count). The SMILES string of the molecule is O=C(O)c1ccc(C(=O)OC2CCCCC2)c2c1CC2. The molecule has 0 saturated heterocycles. The van der Waals surface area contributed by atoms with Crippen molar-refractivity contribution in [2.45, 2.75) is 51.0 Å². The van der Waals surface area contributed by atoms with Gasteiger partial charge in [-0.05, 0) is 61.8 Å². The van der Waals surface area contributed by atoms with Crippen LogP contribution in [0.15, 0.2) is 12.1 Å². The molecule has 0 radical (unpaired) electrons. The molecule has 1 saturated carbocycles. The average molecular weight is 274 g/mol. The van der Waals surface area contributed by atoms with Gasteiger partial charge < -0.3 is 9.84 Å². The topological polar surface area (TPSA) is 63.6 Å². The van der Waals surface area contributed by atoms with E-state index in [1.54, 1.807) is 6.07 Å². The number of fused-ring (bicyclic) bond motifs is 1. The number of carboxylic acids is 1. The molecule has 1 N–H and O–H groups in total. The molecule has 2 aliphatic carbocycles. The lowest BCUT2D eigenvalue weighted by Gasteiger charge is -2.26. The Morgan fingerprint density at radius 2 is 1.60 bits per heavy atom. The molecule has 1 fully saturated rings. The maximum absolute atomic E-state index is 12.2. The largest absolute Gasteiger partial charge is 0.478 e. The second kappa shape index (κ2) is 5.27. The molecule has 1 aromatic carbocycles. The Morgan fingerprint density at radius 1 is 1.00 bits per heavy atom. The van der Waals surface area contributed by atoms with Crippen LogP contribution in [0.4, 0.5) is 0 Å². The zero-order valence-corrected chi connectivity index (χ0v) is 11.4. The van der Waals surface area contributed by atoms with E-state index < -0.39 is 5.97 Å². The van der Waals surface area contributed by atoms with Gasteiger partial charge in [-0.1, -0.05) is 6.42 Å². The summed E-state index contributed by atoms with van der Waals surface area (Å²) in [7, 11) is 0. The van der Waals surface area contributed by atoms with Crippen LogP contribution in [0.3, 0.4) is 0 Å². The van der Waals surface area contributed by atoms with Gasteiger partial charge in [-0.15, -0.1) is 0 Å². The van der Waals surface area contributed by atoms with Crippen molar-refractivity contribution in [3.8, 4) is 0 Å². The van der Waals surface area contributed by atoms with Crippen LogP contribution in [-0.2, 0) is 17.6 Å². The third-order valence-electron chi connectivity index (χ3n) is 4.33. The molecule has 0 heterocycles. The smallest absolute Gasteiger partial charge is 0.338 e. The predicted molar refractivity (Wildman–Crippen MR) is 73.1 cm³/mol. The Kier molecular flexibility index (Phi) is 3.47. The van der Waals surface area contributed by atoms with Crippen molar-refractivity contribution in [2.24, 2.45) is 0 Å². The molecule has 4 heteroatoms. The van der Waals surface area contributed by atoms with E-state index in [1.165, 1.54) is 12.5 Å². The lowest BCUT2D eigenvalue weighted by atomic mass is 9.81. The summed E-state index contributed by atoms with van der Waals surface area (Å²) in [4.78, 5) is 23.3. The van der Waals surface area contributed by atoms with Crippen LogP contribution < -0.4 is 0 Å². The first kappa shape index (κ1) is 13.2. The fraction of sp³-hybridized carbons (Fsp3) is 0.500. The Bertz CT molecular complexity index is 556. The van der Waals surface area contributed by atoms with Crippen LogP contribution in [0.1, 0.15) is 63.9 Å². The first-order chi connectivity index (χ1) is 9.66. The van der Waals surface area contributed by atoms with Gasteiger partial charge in [0.25, 0.3) is 0 Å². The van der Waals surface area contributed by atoms with E-state index in [0.717, 1.165) is 49.7 Å². The Balaban J connectivity index is 1.79. The van der Waals surface area contributed by atoms with Gasteiger partial charge in [-0.25, -0.2) is 9.59 Å². The average Bonchev–Trinajstić information content (AvgIpc) is 2.40. The predicted octanol–water partition coefficient (Wildman–Crippen LogP) is 2.97. The van der Waals surface area contributed by atoms with E-state index in [-0.39, 0.29) is 12.1 Å². The highest BCUT2D eigenvalue weighted by atomic mass is 16.5. The van der Waals surface area contributed by atoms with Gasteiger partial charge in [0.2, 0.25) is 0 Å². The van der Waals surface area contributed by atoms with Crippen LogP contribution in [0.25, 0.3) is 0 Å². The minimum atomic E-state index is -0.923. The Morgan fingerprint density at radius 3 is 2.20 bits per heavy atom. The van der Waals surface area contributed by atoms with E-state index in [0.29, 0.717) is 11.1 Å². The van der Waals surface area contributed by atoms with Crippen LogP contribution >= 0.6 is 0 Å². The lowest BCUT2D eigenvalue weighted by Crippen LogP contribution is -2.25. The molecule has 4 nitrogen and oxygen atoms in total. The fourth-order valence-electron chi connectivity index (χ4n) is 3.13. The number of carbonyl (C=O) groups excluding carboxylic acids is 1. The highest BCUT2D eigenvalue weighted by Gasteiger charge is 2.28. The van der Waals surface area contributed by atoms with Gasteiger partial charge in [0.05, 0.1) is 11.1 Å². The number of carbonyl (C=O) groups is 2. The summed E-state index contributed by atoms with van der Waals surface area (Å²) in [5, 5.41) is 9.10. The number of benzene rings is 1. The number of carboxylic acid groups (broad SMARTS) is 1. The van der Waals surface area contributed by atoms with Crippen molar-refractivity contribution >= 4 is 11.9 Å². The summed E-state index contributed by atoms with van der Waals surface area (Å²) >= 11 is 0. The van der Waals surface area contributed by atoms with Gasteiger partial charge in [-0.3, -0.25) is 0 Å². The molecular weight excluding hydrogens is 256 g/mol. The van der Waals surface area contributed by atoms with Crippen molar-refractivity contribution in [2.75, 3.05) is 0 Å². The normalized spacial score (nSPS) is 18.0. The number of ether oxygens (including phenoxy) is 1. The Labute approximate surface area is 117 Å². The fourth-order valence-corrected chi connectivity index (χ4v) is 3.13. The van der Waals surface area contributed by atoms with E-state index in [4.69, 9.17) is 9.84 Å².